The van der Waals surface area contributed by atoms with E-state index in [4.69, 9.17) is 11.0 Å². The van der Waals surface area contributed by atoms with E-state index < -0.39 is 0 Å². The number of nitrogens with two attached hydrogens (primary N) is 1. The number of hydrogen-bond acceptors (Lipinski definition) is 2. The zero-order chi connectivity index (χ0) is 12.8. The van der Waals surface area contributed by atoms with Gasteiger partial charge in [-0.15, -0.1) is 0 Å². The minimum absolute atomic E-state index is 0.414. The summed E-state index contributed by atoms with van der Waals surface area (Å²) < 4.78 is 2.14. The summed E-state index contributed by atoms with van der Waals surface area (Å²) in [5.74, 6) is 1.32. The largest absolute Gasteiger partial charge is 0.384 e. The molecule has 0 bridgehead atoms. The molecule has 1 heterocycles. The smallest absolute Gasteiger partial charge is 0.122 e. The lowest BCUT2D eigenvalue weighted by Crippen LogP contribution is -2.19. The quantitative estimate of drug-likeness (QED) is 0.869. The van der Waals surface area contributed by atoms with E-state index in [1.807, 2.05) is 6.92 Å². The van der Waals surface area contributed by atoms with Crippen molar-refractivity contribution in [1.82, 2.24) is 4.57 Å². The van der Waals surface area contributed by atoms with Gasteiger partial charge in [0.2, 0.25) is 0 Å². The summed E-state index contributed by atoms with van der Waals surface area (Å²) in [6.45, 7) is 9.56. The number of aromatic nitrogens is 1. The van der Waals surface area contributed by atoms with Crippen molar-refractivity contribution in [3.8, 4) is 6.07 Å². The molecule has 1 saturated carbocycles. The highest BCUT2D eigenvalue weighted by atomic mass is 15.1. The molecule has 0 unspecified atom stereocenters. The SMILES string of the molecule is Cc1c(C#N)c(N)n(CC2(C(C)C)CC2)c1C. The highest BCUT2D eigenvalue weighted by molar-refractivity contribution is 5.57. The molecule has 2 N–H and O–H groups in total. The van der Waals surface area contributed by atoms with Crippen LogP contribution in [0.2, 0.25) is 0 Å². The lowest BCUT2D eigenvalue weighted by molar-refractivity contribution is 0.309. The summed E-state index contributed by atoms with van der Waals surface area (Å²) in [6, 6.07) is 2.21. The second-order valence-electron chi connectivity index (χ2n) is 5.69. The van der Waals surface area contributed by atoms with E-state index in [0.717, 1.165) is 17.8 Å². The Morgan fingerprint density at radius 2 is 2.00 bits per heavy atom. The molecule has 0 spiro atoms. The molecule has 0 saturated heterocycles. The maximum atomic E-state index is 9.12. The van der Waals surface area contributed by atoms with Gasteiger partial charge in [0.05, 0.1) is 5.56 Å². The summed E-state index contributed by atoms with van der Waals surface area (Å²) in [7, 11) is 0. The maximum Gasteiger partial charge on any atom is 0.122 e. The Kier molecular flexibility index (Phi) is 2.69. The number of rotatable bonds is 3. The third-order valence-corrected chi connectivity index (χ3v) is 4.57. The van der Waals surface area contributed by atoms with Gasteiger partial charge < -0.3 is 10.3 Å². The number of hydrogen-bond donors (Lipinski definition) is 1. The molecule has 1 aliphatic carbocycles. The fraction of sp³-hybridized carbons (Fsp3) is 0.643. The van der Waals surface area contributed by atoms with Crippen LogP contribution in [0.3, 0.4) is 0 Å². The first-order chi connectivity index (χ1) is 7.93. The van der Waals surface area contributed by atoms with Gasteiger partial charge in [-0.25, -0.2) is 0 Å². The van der Waals surface area contributed by atoms with Crippen LogP contribution in [0, 0.1) is 36.5 Å². The molecule has 0 radical (unpaired) electrons. The van der Waals surface area contributed by atoms with Crippen LogP contribution in [0.15, 0.2) is 0 Å². The zero-order valence-electron chi connectivity index (χ0n) is 11.2. The van der Waals surface area contributed by atoms with E-state index in [-0.39, 0.29) is 0 Å². The zero-order valence-corrected chi connectivity index (χ0v) is 11.2. The van der Waals surface area contributed by atoms with Crippen LogP contribution in [0.1, 0.15) is 43.5 Å². The molecule has 0 amide bonds. The van der Waals surface area contributed by atoms with E-state index in [0.29, 0.717) is 22.7 Å². The Labute approximate surface area is 103 Å². The van der Waals surface area contributed by atoms with Crippen LogP contribution < -0.4 is 5.73 Å². The molecular formula is C14H21N3. The van der Waals surface area contributed by atoms with E-state index in [2.05, 4.69) is 31.4 Å². The first-order valence-electron chi connectivity index (χ1n) is 6.28. The monoisotopic (exact) mass is 231 g/mol. The van der Waals surface area contributed by atoms with Crippen LogP contribution in [0.5, 0.6) is 0 Å². The van der Waals surface area contributed by atoms with Crippen LogP contribution in [-0.2, 0) is 6.54 Å². The van der Waals surface area contributed by atoms with Gasteiger partial charge in [-0.1, -0.05) is 13.8 Å². The minimum Gasteiger partial charge on any atom is -0.384 e. The molecule has 1 aliphatic rings. The first-order valence-corrected chi connectivity index (χ1v) is 6.28. The molecule has 1 fully saturated rings. The van der Waals surface area contributed by atoms with Crippen molar-refractivity contribution in [3.05, 3.63) is 16.8 Å². The average molecular weight is 231 g/mol. The molecular weight excluding hydrogens is 210 g/mol. The second-order valence-corrected chi connectivity index (χ2v) is 5.69. The summed E-state index contributed by atoms with van der Waals surface area (Å²) >= 11 is 0. The van der Waals surface area contributed by atoms with Crippen molar-refractivity contribution in [2.45, 2.75) is 47.1 Å². The molecule has 0 aliphatic heterocycles. The molecule has 2 rings (SSSR count). The number of nitrogens with zero attached hydrogens (tertiary/aromatic N) is 2. The summed E-state index contributed by atoms with van der Waals surface area (Å²) in [4.78, 5) is 0. The van der Waals surface area contributed by atoms with Crippen LogP contribution in [0.25, 0.3) is 0 Å². The predicted octanol–water partition coefficient (Wildman–Crippen LogP) is 3.00. The number of nitriles is 1. The Hall–Kier alpha value is -1.43. The topological polar surface area (TPSA) is 54.7 Å². The fourth-order valence-corrected chi connectivity index (χ4v) is 2.63. The Morgan fingerprint density at radius 3 is 2.35 bits per heavy atom. The van der Waals surface area contributed by atoms with Crippen LogP contribution in [0.4, 0.5) is 5.82 Å². The summed E-state index contributed by atoms with van der Waals surface area (Å²) in [5.41, 5.74) is 9.34. The number of anilines is 1. The van der Waals surface area contributed by atoms with E-state index in [1.54, 1.807) is 0 Å². The molecule has 92 valence electrons. The molecule has 1 aromatic heterocycles. The van der Waals surface area contributed by atoms with Gasteiger partial charge in [0.1, 0.15) is 11.9 Å². The van der Waals surface area contributed by atoms with Crippen molar-refractivity contribution in [2.24, 2.45) is 11.3 Å². The van der Waals surface area contributed by atoms with Crippen molar-refractivity contribution in [2.75, 3.05) is 5.73 Å². The Morgan fingerprint density at radius 1 is 1.41 bits per heavy atom. The highest BCUT2D eigenvalue weighted by Gasteiger charge is 2.46. The fourth-order valence-electron chi connectivity index (χ4n) is 2.63. The standard InChI is InChI=1S/C14H21N3/c1-9(2)14(5-6-14)8-17-11(4)10(3)12(7-15)13(17)16/h9H,5-6,8,16H2,1-4H3. The molecule has 3 heteroatoms. The molecule has 0 aromatic carbocycles. The Bertz CT molecular complexity index is 485. The second kappa shape index (κ2) is 3.80. The van der Waals surface area contributed by atoms with Crippen molar-refractivity contribution < 1.29 is 0 Å². The summed E-state index contributed by atoms with van der Waals surface area (Å²) in [6.07, 6.45) is 2.56. The first kappa shape index (κ1) is 12.0. The third-order valence-electron chi connectivity index (χ3n) is 4.57. The van der Waals surface area contributed by atoms with Crippen LogP contribution in [-0.4, -0.2) is 4.57 Å². The minimum atomic E-state index is 0.414. The molecule has 1 aromatic rings. The van der Waals surface area contributed by atoms with Crippen LogP contribution >= 0.6 is 0 Å². The predicted molar refractivity (Wildman–Crippen MR) is 69.5 cm³/mol. The lowest BCUT2D eigenvalue weighted by Gasteiger charge is -2.22. The Balaban J connectivity index is 2.38. The van der Waals surface area contributed by atoms with Crippen molar-refractivity contribution in [1.29, 1.82) is 5.26 Å². The van der Waals surface area contributed by atoms with Gasteiger partial charge in [0.15, 0.2) is 0 Å². The van der Waals surface area contributed by atoms with Crippen molar-refractivity contribution in [3.63, 3.8) is 0 Å². The highest BCUT2D eigenvalue weighted by Crippen LogP contribution is 2.53. The third kappa shape index (κ3) is 1.72. The van der Waals surface area contributed by atoms with Gasteiger partial charge >= 0.3 is 0 Å². The van der Waals surface area contributed by atoms with Gasteiger partial charge in [0, 0.05) is 12.2 Å². The van der Waals surface area contributed by atoms with Gasteiger partial charge in [-0.3, -0.25) is 0 Å². The van der Waals surface area contributed by atoms with Crippen molar-refractivity contribution >= 4 is 5.82 Å². The average Bonchev–Trinajstić information content (AvgIpc) is 3.02. The maximum absolute atomic E-state index is 9.12. The normalized spacial score (nSPS) is 17.2. The van der Waals surface area contributed by atoms with E-state index >= 15 is 0 Å². The van der Waals surface area contributed by atoms with E-state index in [1.165, 1.54) is 12.8 Å². The van der Waals surface area contributed by atoms with Gasteiger partial charge in [-0.05, 0) is 43.6 Å². The summed E-state index contributed by atoms with van der Waals surface area (Å²) in [5, 5.41) is 9.12. The molecule has 0 atom stereocenters. The van der Waals surface area contributed by atoms with E-state index in [9.17, 15) is 0 Å². The van der Waals surface area contributed by atoms with Gasteiger partial charge in [0.25, 0.3) is 0 Å². The lowest BCUT2D eigenvalue weighted by atomic mass is 9.92. The number of nitrogen functional groups attached to an aromatic ring is 1. The molecule has 3 nitrogen and oxygen atoms in total. The molecule has 17 heavy (non-hydrogen) atoms. The van der Waals surface area contributed by atoms with Gasteiger partial charge in [-0.2, -0.15) is 5.26 Å².